The third-order valence-electron chi connectivity index (χ3n) is 4.54. The van der Waals surface area contributed by atoms with Crippen molar-refractivity contribution in [2.75, 3.05) is 18.0 Å². The number of nitrogens with zero attached hydrogens (tertiary/aromatic N) is 1. The molecule has 2 aromatic carbocycles. The SMILES string of the molecule is CCN(CC)c1cc2c(C(F)(F)F)cc(=O)oc2cc1OCc1ccc(Br)cc1. The highest BCUT2D eigenvalue weighted by molar-refractivity contribution is 9.10. The number of ether oxygens (including phenoxy) is 1. The summed E-state index contributed by atoms with van der Waals surface area (Å²) < 4.78 is 52.3. The lowest BCUT2D eigenvalue weighted by Gasteiger charge is -2.25. The maximum absolute atomic E-state index is 13.5. The number of rotatable bonds is 6. The Morgan fingerprint density at radius 2 is 1.72 bits per heavy atom. The Morgan fingerprint density at radius 3 is 2.31 bits per heavy atom. The molecular weight excluding hydrogens is 451 g/mol. The summed E-state index contributed by atoms with van der Waals surface area (Å²) in [4.78, 5) is 13.6. The van der Waals surface area contributed by atoms with Gasteiger partial charge < -0.3 is 14.1 Å². The van der Waals surface area contributed by atoms with E-state index in [1.807, 2.05) is 43.0 Å². The van der Waals surface area contributed by atoms with Crippen LogP contribution in [-0.2, 0) is 12.8 Å². The van der Waals surface area contributed by atoms with Crippen LogP contribution >= 0.6 is 15.9 Å². The Kier molecular flexibility index (Phi) is 6.21. The predicted octanol–water partition coefficient (Wildman–Crippen LogP) is 6.00. The van der Waals surface area contributed by atoms with Crippen molar-refractivity contribution >= 4 is 32.6 Å². The van der Waals surface area contributed by atoms with Gasteiger partial charge in [-0.25, -0.2) is 4.79 Å². The second-order valence-electron chi connectivity index (χ2n) is 6.38. The molecule has 1 aromatic heterocycles. The zero-order chi connectivity index (χ0) is 21.2. The van der Waals surface area contributed by atoms with E-state index in [0.717, 1.165) is 10.0 Å². The number of alkyl halides is 3. The van der Waals surface area contributed by atoms with Crippen molar-refractivity contribution in [2.45, 2.75) is 26.6 Å². The Morgan fingerprint density at radius 1 is 1.07 bits per heavy atom. The van der Waals surface area contributed by atoms with Crippen molar-refractivity contribution in [1.29, 1.82) is 0 Å². The standard InChI is InChI=1S/C21H19BrF3NO3/c1-3-26(4-2)17-9-15-16(21(23,24)25)10-20(27)29-18(15)11-19(17)28-12-13-5-7-14(22)8-6-13/h5-11H,3-4,12H2,1-2H3. The molecule has 0 radical (unpaired) electrons. The fourth-order valence-electron chi connectivity index (χ4n) is 3.08. The summed E-state index contributed by atoms with van der Waals surface area (Å²) in [6, 6.07) is 10.7. The second kappa shape index (κ2) is 8.49. The number of benzene rings is 2. The number of hydrogen-bond donors (Lipinski definition) is 0. The van der Waals surface area contributed by atoms with Gasteiger partial charge in [-0.1, -0.05) is 28.1 Å². The molecule has 29 heavy (non-hydrogen) atoms. The van der Waals surface area contributed by atoms with E-state index in [0.29, 0.717) is 30.6 Å². The average molecular weight is 470 g/mol. The molecule has 0 amide bonds. The quantitative estimate of drug-likeness (QED) is 0.415. The Hall–Kier alpha value is -2.48. The van der Waals surface area contributed by atoms with E-state index in [4.69, 9.17) is 9.15 Å². The van der Waals surface area contributed by atoms with Gasteiger partial charge in [-0.2, -0.15) is 13.2 Å². The predicted molar refractivity (Wildman–Crippen MR) is 110 cm³/mol. The summed E-state index contributed by atoms with van der Waals surface area (Å²) in [5, 5.41) is -0.171. The molecule has 0 aliphatic heterocycles. The highest BCUT2D eigenvalue weighted by atomic mass is 79.9. The maximum Gasteiger partial charge on any atom is 0.417 e. The van der Waals surface area contributed by atoms with Crippen LogP contribution in [0.4, 0.5) is 18.9 Å². The van der Waals surface area contributed by atoms with E-state index in [9.17, 15) is 18.0 Å². The number of hydrogen-bond acceptors (Lipinski definition) is 4. The third kappa shape index (κ3) is 4.75. The summed E-state index contributed by atoms with van der Waals surface area (Å²) in [5.41, 5.74) is -0.828. The van der Waals surface area contributed by atoms with Gasteiger partial charge in [0, 0.05) is 35.1 Å². The van der Waals surface area contributed by atoms with Crippen molar-refractivity contribution in [1.82, 2.24) is 0 Å². The van der Waals surface area contributed by atoms with Crippen LogP contribution in [0, 0.1) is 0 Å². The fourth-order valence-corrected chi connectivity index (χ4v) is 3.35. The Balaban J connectivity index is 2.12. The van der Waals surface area contributed by atoms with Crippen LogP contribution in [0.1, 0.15) is 25.0 Å². The van der Waals surface area contributed by atoms with E-state index in [2.05, 4.69) is 15.9 Å². The topological polar surface area (TPSA) is 42.7 Å². The molecule has 0 bridgehead atoms. The summed E-state index contributed by atoms with van der Waals surface area (Å²) in [5.74, 6) is 0.353. The lowest BCUT2D eigenvalue weighted by molar-refractivity contribution is -0.136. The van der Waals surface area contributed by atoms with E-state index in [-0.39, 0.29) is 17.6 Å². The van der Waals surface area contributed by atoms with Gasteiger partial charge in [0.2, 0.25) is 0 Å². The number of halogens is 4. The van der Waals surface area contributed by atoms with Crippen LogP contribution in [0.15, 0.2) is 56.1 Å². The normalized spacial score (nSPS) is 11.7. The second-order valence-corrected chi connectivity index (χ2v) is 7.30. The van der Waals surface area contributed by atoms with Crippen molar-refractivity contribution in [3.05, 3.63) is 68.5 Å². The largest absolute Gasteiger partial charge is 0.487 e. The molecule has 8 heteroatoms. The van der Waals surface area contributed by atoms with Crippen LogP contribution in [0.3, 0.4) is 0 Å². The lowest BCUT2D eigenvalue weighted by atomic mass is 10.1. The molecule has 154 valence electrons. The van der Waals surface area contributed by atoms with Crippen LogP contribution in [0.5, 0.6) is 5.75 Å². The molecule has 0 N–H and O–H groups in total. The van der Waals surface area contributed by atoms with Gasteiger partial charge in [-0.3, -0.25) is 0 Å². The molecule has 0 atom stereocenters. The minimum absolute atomic E-state index is 0.161. The van der Waals surface area contributed by atoms with Crippen molar-refractivity contribution in [3.8, 4) is 5.75 Å². The molecule has 0 saturated heterocycles. The highest BCUT2D eigenvalue weighted by Crippen LogP contribution is 2.39. The van der Waals surface area contributed by atoms with Gasteiger partial charge in [0.1, 0.15) is 17.9 Å². The first kappa shape index (κ1) is 21.2. The number of fused-ring (bicyclic) bond motifs is 1. The highest BCUT2D eigenvalue weighted by Gasteiger charge is 2.34. The number of anilines is 1. The van der Waals surface area contributed by atoms with Crippen LogP contribution in [-0.4, -0.2) is 13.1 Å². The lowest BCUT2D eigenvalue weighted by Crippen LogP contribution is -2.23. The minimum Gasteiger partial charge on any atom is -0.487 e. The summed E-state index contributed by atoms with van der Waals surface area (Å²) in [7, 11) is 0. The van der Waals surface area contributed by atoms with E-state index >= 15 is 0 Å². The summed E-state index contributed by atoms with van der Waals surface area (Å²) in [6.45, 7) is 5.18. The first-order valence-corrected chi connectivity index (χ1v) is 9.83. The molecule has 0 spiro atoms. The third-order valence-corrected chi connectivity index (χ3v) is 5.07. The van der Waals surface area contributed by atoms with E-state index in [1.165, 1.54) is 12.1 Å². The fraction of sp³-hybridized carbons (Fsp3) is 0.286. The van der Waals surface area contributed by atoms with Gasteiger partial charge >= 0.3 is 11.8 Å². The zero-order valence-corrected chi connectivity index (χ0v) is 17.4. The minimum atomic E-state index is -4.67. The van der Waals surface area contributed by atoms with Crippen molar-refractivity contribution in [3.63, 3.8) is 0 Å². The molecule has 0 aliphatic rings. The van der Waals surface area contributed by atoms with E-state index in [1.54, 1.807) is 0 Å². The van der Waals surface area contributed by atoms with Gasteiger partial charge in [-0.05, 0) is 37.6 Å². The van der Waals surface area contributed by atoms with Crippen LogP contribution < -0.4 is 15.3 Å². The molecular formula is C21H19BrF3NO3. The molecule has 0 fully saturated rings. The smallest absolute Gasteiger partial charge is 0.417 e. The van der Waals surface area contributed by atoms with Crippen LogP contribution in [0.25, 0.3) is 11.0 Å². The summed E-state index contributed by atoms with van der Waals surface area (Å²) in [6.07, 6.45) is -4.67. The first-order chi connectivity index (χ1) is 13.7. The molecule has 0 saturated carbocycles. The zero-order valence-electron chi connectivity index (χ0n) is 15.8. The van der Waals surface area contributed by atoms with Gasteiger partial charge in [0.05, 0.1) is 11.3 Å². The Labute approximate surface area is 174 Å². The van der Waals surface area contributed by atoms with Gasteiger partial charge in [-0.15, -0.1) is 0 Å². The first-order valence-electron chi connectivity index (χ1n) is 9.04. The van der Waals surface area contributed by atoms with Crippen LogP contribution in [0.2, 0.25) is 0 Å². The monoisotopic (exact) mass is 469 g/mol. The molecule has 0 unspecified atom stereocenters. The van der Waals surface area contributed by atoms with Crippen molar-refractivity contribution in [2.24, 2.45) is 0 Å². The molecule has 4 nitrogen and oxygen atoms in total. The Bertz CT molecular complexity index is 1060. The average Bonchev–Trinajstić information content (AvgIpc) is 2.67. The van der Waals surface area contributed by atoms with Crippen molar-refractivity contribution < 1.29 is 22.3 Å². The van der Waals surface area contributed by atoms with Gasteiger partial charge in [0.25, 0.3) is 0 Å². The molecule has 0 aliphatic carbocycles. The summed E-state index contributed by atoms with van der Waals surface area (Å²) >= 11 is 3.37. The van der Waals surface area contributed by atoms with E-state index < -0.39 is 17.4 Å². The molecule has 1 heterocycles. The molecule has 3 rings (SSSR count). The maximum atomic E-state index is 13.5. The van der Waals surface area contributed by atoms with Gasteiger partial charge in [0.15, 0.2) is 0 Å². The molecule has 3 aromatic rings.